The van der Waals surface area contributed by atoms with Crippen LogP contribution in [0.15, 0.2) is 48.5 Å². The molecule has 4 aromatic rings. The largest absolute Gasteiger partial charge is 0.486 e. The lowest BCUT2D eigenvalue weighted by Gasteiger charge is -2.03. The lowest BCUT2D eigenvalue weighted by molar-refractivity contribution is 0.304. The Kier molecular flexibility index (Phi) is 3.92. The first-order valence-electron chi connectivity index (χ1n) is 7.35. The van der Waals surface area contributed by atoms with Gasteiger partial charge in [0.1, 0.15) is 12.4 Å². The van der Waals surface area contributed by atoms with E-state index in [9.17, 15) is 0 Å². The second-order valence-electron chi connectivity index (χ2n) is 5.33. The lowest BCUT2D eigenvalue weighted by Crippen LogP contribution is -1.97. The van der Waals surface area contributed by atoms with E-state index in [0.29, 0.717) is 11.6 Å². The number of hydrogen-bond acceptors (Lipinski definition) is 5. The second kappa shape index (κ2) is 6.22. The number of aromatic nitrogens is 4. The highest BCUT2D eigenvalue weighted by Crippen LogP contribution is 2.23. The van der Waals surface area contributed by atoms with Gasteiger partial charge in [-0.1, -0.05) is 46.7 Å². The van der Waals surface area contributed by atoms with Crippen molar-refractivity contribution in [3.8, 4) is 17.1 Å². The summed E-state index contributed by atoms with van der Waals surface area (Å²) in [7, 11) is 0. The van der Waals surface area contributed by atoms with Crippen LogP contribution in [0.3, 0.4) is 0 Å². The van der Waals surface area contributed by atoms with E-state index < -0.39 is 0 Å². The van der Waals surface area contributed by atoms with Crippen molar-refractivity contribution in [1.82, 2.24) is 19.8 Å². The molecule has 0 radical (unpaired) electrons. The van der Waals surface area contributed by atoms with Crippen LogP contribution in [-0.2, 0) is 6.61 Å². The van der Waals surface area contributed by atoms with E-state index in [4.69, 9.17) is 16.3 Å². The lowest BCUT2D eigenvalue weighted by atomic mass is 10.1. The van der Waals surface area contributed by atoms with E-state index in [1.165, 1.54) is 16.9 Å². The van der Waals surface area contributed by atoms with Gasteiger partial charge in [0.2, 0.25) is 4.96 Å². The molecule has 0 atom stereocenters. The molecule has 0 fully saturated rings. The van der Waals surface area contributed by atoms with Crippen molar-refractivity contribution in [2.45, 2.75) is 13.5 Å². The molecule has 120 valence electrons. The predicted molar refractivity (Wildman–Crippen MR) is 94.6 cm³/mol. The van der Waals surface area contributed by atoms with E-state index >= 15 is 0 Å². The molecule has 4 rings (SSSR count). The maximum atomic E-state index is 5.87. The van der Waals surface area contributed by atoms with Gasteiger partial charge in [-0.15, -0.1) is 10.2 Å². The summed E-state index contributed by atoms with van der Waals surface area (Å²) in [5.41, 5.74) is 2.17. The van der Waals surface area contributed by atoms with E-state index in [1.807, 2.05) is 37.3 Å². The highest BCUT2D eigenvalue weighted by molar-refractivity contribution is 7.16. The number of rotatable bonds is 4. The molecule has 5 nitrogen and oxygen atoms in total. The van der Waals surface area contributed by atoms with Crippen LogP contribution in [0.5, 0.6) is 5.75 Å². The van der Waals surface area contributed by atoms with E-state index in [0.717, 1.165) is 27.1 Å². The molecule has 0 aliphatic carbocycles. The zero-order chi connectivity index (χ0) is 16.5. The predicted octanol–water partition coefficient (Wildman–Crippen LogP) is 4.39. The standard InChI is InChI=1S/C17H13ClN4OS/c1-11-3-2-4-12(9-11)16-19-20-17-22(16)21-15(24-17)10-23-14-7-5-13(18)6-8-14/h2-9H,10H2,1H3. The topological polar surface area (TPSA) is 52.3 Å². The molecule has 0 amide bonds. The van der Waals surface area contributed by atoms with Crippen LogP contribution in [0.25, 0.3) is 16.3 Å². The molecule has 0 aliphatic heterocycles. The number of halogens is 1. The van der Waals surface area contributed by atoms with Crippen LogP contribution in [0.1, 0.15) is 10.6 Å². The van der Waals surface area contributed by atoms with Gasteiger partial charge in [0.05, 0.1) is 0 Å². The SMILES string of the molecule is Cc1cccc(-c2nnc3sc(COc4ccc(Cl)cc4)nn23)c1. The summed E-state index contributed by atoms with van der Waals surface area (Å²) in [5, 5.41) is 14.5. The average molecular weight is 357 g/mol. The van der Waals surface area contributed by atoms with Crippen molar-refractivity contribution >= 4 is 27.9 Å². The number of aryl methyl sites for hydroxylation is 1. The summed E-state index contributed by atoms with van der Waals surface area (Å²) >= 11 is 7.34. The van der Waals surface area contributed by atoms with Gasteiger partial charge in [-0.3, -0.25) is 0 Å². The Labute approximate surface area is 147 Å². The van der Waals surface area contributed by atoms with Crippen LogP contribution in [0.4, 0.5) is 0 Å². The van der Waals surface area contributed by atoms with Crippen molar-refractivity contribution in [2.24, 2.45) is 0 Å². The molecule has 2 aromatic heterocycles. The van der Waals surface area contributed by atoms with Gasteiger partial charge < -0.3 is 4.74 Å². The Balaban J connectivity index is 1.59. The first-order valence-corrected chi connectivity index (χ1v) is 8.55. The highest BCUT2D eigenvalue weighted by atomic mass is 35.5. The quantitative estimate of drug-likeness (QED) is 0.544. The number of benzene rings is 2. The van der Waals surface area contributed by atoms with E-state index in [1.54, 1.807) is 16.6 Å². The molecular weight excluding hydrogens is 344 g/mol. The number of nitrogens with zero attached hydrogens (tertiary/aromatic N) is 4. The van der Waals surface area contributed by atoms with Gasteiger partial charge in [0.25, 0.3) is 0 Å². The summed E-state index contributed by atoms with van der Waals surface area (Å²) in [6.07, 6.45) is 0. The third-order valence-electron chi connectivity index (χ3n) is 3.48. The van der Waals surface area contributed by atoms with Crippen molar-refractivity contribution in [1.29, 1.82) is 0 Å². The summed E-state index contributed by atoms with van der Waals surface area (Å²) in [6.45, 7) is 2.43. The fourth-order valence-electron chi connectivity index (χ4n) is 2.35. The van der Waals surface area contributed by atoms with Crippen LogP contribution in [0, 0.1) is 6.92 Å². The molecule has 0 saturated heterocycles. The molecule has 0 spiro atoms. The Morgan fingerprint density at radius 2 is 1.96 bits per heavy atom. The van der Waals surface area contributed by atoms with Gasteiger partial charge in [-0.25, -0.2) is 0 Å². The van der Waals surface area contributed by atoms with Gasteiger partial charge in [-0.05, 0) is 37.3 Å². The molecule has 0 aliphatic rings. The number of hydrogen-bond donors (Lipinski definition) is 0. The minimum Gasteiger partial charge on any atom is -0.486 e. The smallest absolute Gasteiger partial charge is 0.235 e. The molecular formula is C17H13ClN4OS. The minimum absolute atomic E-state index is 0.378. The highest BCUT2D eigenvalue weighted by Gasteiger charge is 2.13. The molecule has 2 aromatic carbocycles. The molecule has 0 bridgehead atoms. The van der Waals surface area contributed by atoms with Crippen LogP contribution < -0.4 is 4.74 Å². The Hall–Kier alpha value is -2.44. The maximum Gasteiger partial charge on any atom is 0.235 e. The monoisotopic (exact) mass is 356 g/mol. The fourth-order valence-corrected chi connectivity index (χ4v) is 3.23. The first-order chi connectivity index (χ1) is 11.7. The van der Waals surface area contributed by atoms with Crippen molar-refractivity contribution < 1.29 is 4.74 Å². The Morgan fingerprint density at radius 1 is 1.12 bits per heavy atom. The molecule has 7 heteroatoms. The molecule has 0 saturated carbocycles. The van der Waals surface area contributed by atoms with Crippen molar-refractivity contribution in [3.63, 3.8) is 0 Å². The Bertz CT molecular complexity index is 993. The van der Waals surface area contributed by atoms with Crippen LogP contribution >= 0.6 is 22.9 Å². The van der Waals surface area contributed by atoms with Gasteiger partial charge in [0, 0.05) is 10.6 Å². The first kappa shape index (κ1) is 15.1. The normalized spacial score (nSPS) is 11.1. The van der Waals surface area contributed by atoms with Crippen molar-refractivity contribution in [3.05, 3.63) is 64.1 Å². The summed E-state index contributed by atoms with van der Waals surface area (Å²) in [6, 6.07) is 15.4. The van der Waals surface area contributed by atoms with Gasteiger partial charge in [0.15, 0.2) is 10.8 Å². The van der Waals surface area contributed by atoms with Crippen LogP contribution in [-0.4, -0.2) is 19.8 Å². The van der Waals surface area contributed by atoms with E-state index in [2.05, 4.69) is 21.4 Å². The second-order valence-corrected chi connectivity index (χ2v) is 6.80. The zero-order valence-corrected chi connectivity index (χ0v) is 14.4. The Morgan fingerprint density at radius 3 is 2.75 bits per heavy atom. The fraction of sp³-hybridized carbons (Fsp3) is 0.118. The molecule has 24 heavy (non-hydrogen) atoms. The summed E-state index contributed by atoms with van der Waals surface area (Å²) in [5.74, 6) is 1.49. The van der Waals surface area contributed by atoms with Crippen molar-refractivity contribution in [2.75, 3.05) is 0 Å². The maximum absolute atomic E-state index is 5.87. The average Bonchev–Trinajstić information content (AvgIpc) is 3.14. The summed E-state index contributed by atoms with van der Waals surface area (Å²) in [4.78, 5) is 0.751. The molecule has 2 heterocycles. The number of ether oxygens (including phenoxy) is 1. The summed E-state index contributed by atoms with van der Waals surface area (Å²) < 4.78 is 7.50. The van der Waals surface area contributed by atoms with Gasteiger partial charge >= 0.3 is 0 Å². The zero-order valence-electron chi connectivity index (χ0n) is 12.8. The van der Waals surface area contributed by atoms with E-state index in [-0.39, 0.29) is 0 Å². The molecule has 0 unspecified atom stereocenters. The third kappa shape index (κ3) is 2.98. The molecule has 0 N–H and O–H groups in total. The third-order valence-corrected chi connectivity index (χ3v) is 4.61. The van der Waals surface area contributed by atoms with Crippen LogP contribution in [0.2, 0.25) is 5.02 Å². The number of fused-ring (bicyclic) bond motifs is 1. The minimum atomic E-state index is 0.378. The van der Waals surface area contributed by atoms with Gasteiger partial charge in [-0.2, -0.15) is 9.61 Å².